The van der Waals surface area contributed by atoms with Crippen molar-refractivity contribution in [1.82, 2.24) is 0 Å². The van der Waals surface area contributed by atoms with E-state index in [0.717, 1.165) is 22.1 Å². The van der Waals surface area contributed by atoms with Crippen molar-refractivity contribution in [1.29, 1.82) is 0 Å². The number of allylic oxidation sites excluding steroid dienone is 1. The molecule has 2 heteroatoms. The summed E-state index contributed by atoms with van der Waals surface area (Å²) in [5.74, 6) is -0.320. The van der Waals surface area contributed by atoms with Gasteiger partial charge in [-0.2, -0.15) is 0 Å². The molecule has 0 fully saturated rings. The van der Waals surface area contributed by atoms with Crippen molar-refractivity contribution in [2.75, 3.05) is 7.11 Å². The van der Waals surface area contributed by atoms with Crippen molar-refractivity contribution in [3.8, 4) is 0 Å². The van der Waals surface area contributed by atoms with Gasteiger partial charge < -0.3 is 4.74 Å². The zero-order chi connectivity index (χ0) is 13.1. The highest BCUT2D eigenvalue weighted by Crippen LogP contribution is 2.28. The SMILES string of the molecule is COC(=O)/C=C(\C)c1c(C)ccc2ccccc12. The van der Waals surface area contributed by atoms with E-state index in [1.165, 1.54) is 18.6 Å². The molecule has 0 saturated heterocycles. The van der Waals surface area contributed by atoms with Crippen LogP contribution in [0.25, 0.3) is 16.3 Å². The topological polar surface area (TPSA) is 26.3 Å². The molecule has 0 spiro atoms. The molecular weight excluding hydrogens is 224 g/mol. The zero-order valence-electron chi connectivity index (χ0n) is 10.9. The summed E-state index contributed by atoms with van der Waals surface area (Å²) in [6.07, 6.45) is 1.54. The Hall–Kier alpha value is -2.09. The highest BCUT2D eigenvalue weighted by Gasteiger charge is 2.07. The van der Waals surface area contributed by atoms with Crippen LogP contribution < -0.4 is 0 Å². The van der Waals surface area contributed by atoms with Crippen LogP contribution in [0.2, 0.25) is 0 Å². The number of carbonyl (C=O) groups is 1. The first-order valence-corrected chi connectivity index (χ1v) is 5.88. The first kappa shape index (κ1) is 12.4. The quantitative estimate of drug-likeness (QED) is 0.590. The van der Waals surface area contributed by atoms with Gasteiger partial charge in [-0.15, -0.1) is 0 Å². The third-order valence-corrected chi connectivity index (χ3v) is 3.07. The van der Waals surface area contributed by atoms with Gasteiger partial charge in [0.15, 0.2) is 0 Å². The molecule has 0 radical (unpaired) electrons. The second-order valence-electron chi connectivity index (χ2n) is 4.33. The van der Waals surface area contributed by atoms with Gasteiger partial charge in [0.05, 0.1) is 7.11 Å². The van der Waals surface area contributed by atoms with E-state index in [1.54, 1.807) is 0 Å². The first-order valence-electron chi connectivity index (χ1n) is 5.88. The van der Waals surface area contributed by atoms with Gasteiger partial charge in [-0.3, -0.25) is 0 Å². The molecule has 2 nitrogen and oxygen atoms in total. The van der Waals surface area contributed by atoms with Crippen LogP contribution in [0.15, 0.2) is 42.5 Å². The number of rotatable bonds is 2. The Morgan fingerprint density at radius 1 is 1.17 bits per heavy atom. The molecule has 2 aromatic carbocycles. The predicted molar refractivity (Wildman–Crippen MR) is 74.4 cm³/mol. The number of aryl methyl sites for hydroxylation is 1. The van der Waals surface area contributed by atoms with E-state index in [9.17, 15) is 4.79 Å². The summed E-state index contributed by atoms with van der Waals surface area (Å²) in [5, 5.41) is 2.34. The number of carbonyl (C=O) groups excluding carboxylic acids is 1. The molecule has 0 bridgehead atoms. The van der Waals surface area contributed by atoms with E-state index in [1.807, 2.05) is 19.1 Å². The van der Waals surface area contributed by atoms with Crippen molar-refractivity contribution in [2.24, 2.45) is 0 Å². The minimum atomic E-state index is -0.320. The second-order valence-corrected chi connectivity index (χ2v) is 4.33. The molecule has 0 unspecified atom stereocenters. The van der Waals surface area contributed by atoms with E-state index in [0.29, 0.717) is 0 Å². The van der Waals surface area contributed by atoms with Gasteiger partial charge in [-0.1, -0.05) is 36.4 Å². The summed E-state index contributed by atoms with van der Waals surface area (Å²) in [5.41, 5.74) is 3.20. The molecule has 2 aromatic rings. The Kier molecular flexibility index (Phi) is 3.47. The highest BCUT2D eigenvalue weighted by atomic mass is 16.5. The molecule has 0 atom stereocenters. The summed E-state index contributed by atoms with van der Waals surface area (Å²) in [7, 11) is 1.39. The Labute approximate surface area is 107 Å². The molecule has 0 heterocycles. The molecule has 0 aliphatic rings. The number of hydrogen-bond acceptors (Lipinski definition) is 2. The van der Waals surface area contributed by atoms with E-state index >= 15 is 0 Å². The minimum Gasteiger partial charge on any atom is -0.466 e. The highest BCUT2D eigenvalue weighted by molar-refractivity contribution is 5.99. The van der Waals surface area contributed by atoms with Gasteiger partial charge in [-0.25, -0.2) is 4.79 Å². The Bertz CT molecular complexity index is 624. The molecule has 0 aliphatic carbocycles. The Balaban J connectivity index is 2.66. The molecule has 2 rings (SSSR count). The van der Waals surface area contributed by atoms with Crippen molar-refractivity contribution in [3.63, 3.8) is 0 Å². The van der Waals surface area contributed by atoms with Gasteiger partial charge in [0.25, 0.3) is 0 Å². The lowest BCUT2D eigenvalue weighted by atomic mass is 9.94. The van der Waals surface area contributed by atoms with E-state index in [-0.39, 0.29) is 5.97 Å². The van der Waals surface area contributed by atoms with Crippen LogP contribution in [0.1, 0.15) is 18.1 Å². The lowest BCUT2D eigenvalue weighted by Gasteiger charge is -2.10. The van der Waals surface area contributed by atoms with Crippen LogP contribution in [0.3, 0.4) is 0 Å². The number of fused-ring (bicyclic) bond motifs is 1. The van der Waals surface area contributed by atoms with Crippen LogP contribution in [0.5, 0.6) is 0 Å². The Morgan fingerprint density at radius 2 is 1.89 bits per heavy atom. The fourth-order valence-corrected chi connectivity index (χ4v) is 2.21. The fourth-order valence-electron chi connectivity index (χ4n) is 2.21. The number of benzene rings is 2. The predicted octanol–water partition coefficient (Wildman–Crippen LogP) is 3.72. The van der Waals surface area contributed by atoms with Gasteiger partial charge in [0.1, 0.15) is 0 Å². The normalized spacial score (nSPS) is 11.6. The number of hydrogen-bond donors (Lipinski definition) is 0. The third kappa shape index (κ3) is 2.28. The van der Waals surface area contributed by atoms with Crippen LogP contribution in [-0.2, 0) is 9.53 Å². The molecule has 0 N–H and O–H groups in total. The standard InChI is InChI=1S/C16H16O2/c1-11-8-9-13-6-4-5-7-14(13)16(11)12(2)10-15(17)18-3/h4-10H,1-3H3/b12-10+. The molecule has 0 saturated carbocycles. The van der Waals surface area contributed by atoms with Crippen LogP contribution in [0, 0.1) is 6.92 Å². The first-order chi connectivity index (χ1) is 8.63. The van der Waals surface area contributed by atoms with E-state index in [4.69, 9.17) is 0 Å². The van der Waals surface area contributed by atoms with Gasteiger partial charge >= 0.3 is 5.97 Å². The molecule has 0 aliphatic heterocycles. The van der Waals surface area contributed by atoms with Crippen molar-refractivity contribution < 1.29 is 9.53 Å². The van der Waals surface area contributed by atoms with Crippen LogP contribution >= 0.6 is 0 Å². The van der Waals surface area contributed by atoms with Gasteiger partial charge in [-0.05, 0) is 41.3 Å². The van der Waals surface area contributed by atoms with Gasteiger partial charge in [0.2, 0.25) is 0 Å². The fraction of sp³-hybridized carbons (Fsp3) is 0.188. The zero-order valence-corrected chi connectivity index (χ0v) is 10.9. The van der Waals surface area contributed by atoms with Crippen LogP contribution in [0.4, 0.5) is 0 Å². The van der Waals surface area contributed by atoms with Crippen molar-refractivity contribution >= 4 is 22.3 Å². The summed E-state index contributed by atoms with van der Waals surface area (Å²) < 4.78 is 4.68. The summed E-state index contributed by atoms with van der Waals surface area (Å²) in [6, 6.07) is 12.3. The number of methoxy groups -OCH3 is 1. The largest absolute Gasteiger partial charge is 0.466 e. The third-order valence-electron chi connectivity index (χ3n) is 3.07. The maximum Gasteiger partial charge on any atom is 0.330 e. The average Bonchev–Trinajstić information content (AvgIpc) is 2.38. The number of esters is 1. The average molecular weight is 240 g/mol. The second kappa shape index (κ2) is 5.05. The van der Waals surface area contributed by atoms with Crippen molar-refractivity contribution in [2.45, 2.75) is 13.8 Å². The molecular formula is C16H16O2. The van der Waals surface area contributed by atoms with Crippen molar-refractivity contribution in [3.05, 3.63) is 53.6 Å². The summed E-state index contributed by atoms with van der Waals surface area (Å²) in [6.45, 7) is 3.99. The Morgan fingerprint density at radius 3 is 2.61 bits per heavy atom. The maximum absolute atomic E-state index is 11.3. The van der Waals surface area contributed by atoms with Crippen LogP contribution in [-0.4, -0.2) is 13.1 Å². The van der Waals surface area contributed by atoms with E-state index < -0.39 is 0 Å². The van der Waals surface area contributed by atoms with Gasteiger partial charge in [0, 0.05) is 6.08 Å². The minimum absolute atomic E-state index is 0.320. The van der Waals surface area contributed by atoms with E-state index in [2.05, 4.69) is 35.9 Å². The maximum atomic E-state index is 11.3. The molecule has 92 valence electrons. The summed E-state index contributed by atoms with van der Waals surface area (Å²) in [4.78, 5) is 11.3. The molecule has 0 aromatic heterocycles. The lowest BCUT2D eigenvalue weighted by molar-refractivity contribution is -0.134. The number of ether oxygens (including phenoxy) is 1. The molecule has 18 heavy (non-hydrogen) atoms. The molecule has 0 amide bonds. The lowest BCUT2D eigenvalue weighted by Crippen LogP contribution is -1.97. The summed E-state index contributed by atoms with van der Waals surface area (Å²) >= 11 is 0. The smallest absolute Gasteiger partial charge is 0.330 e. The monoisotopic (exact) mass is 240 g/mol.